The van der Waals surface area contributed by atoms with Crippen LogP contribution in [0.4, 0.5) is 11.4 Å². The topological polar surface area (TPSA) is 98.3 Å². The zero-order valence-corrected chi connectivity index (χ0v) is 15.9. The van der Waals surface area contributed by atoms with Crippen molar-refractivity contribution in [2.45, 2.75) is 6.92 Å². The number of hydrogen-bond acceptors (Lipinski definition) is 5. The number of rotatable bonds is 4. The molecule has 0 bridgehead atoms. The number of fused-ring (bicyclic) bond motifs is 1. The van der Waals surface area contributed by atoms with Crippen molar-refractivity contribution in [3.63, 3.8) is 0 Å². The lowest BCUT2D eigenvalue weighted by atomic mass is 10.1. The van der Waals surface area contributed by atoms with E-state index in [9.17, 15) is 14.9 Å². The highest BCUT2D eigenvalue weighted by atomic mass is 35.5. The van der Waals surface area contributed by atoms with Gasteiger partial charge in [0, 0.05) is 23.3 Å². The number of anilines is 1. The van der Waals surface area contributed by atoms with Gasteiger partial charge in [0.25, 0.3) is 11.6 Å². The number of non-ortho nitro benzene ring substituents is 1. The number of aromatic nitrogens is 1. The number of halogens is 1. The minimum absolute atomic E-state index is 0.0900. The fourth-order valence-corrected chi connectivity index (χ4v) is 3.01. The Labute approximate surface area is 170 Å². The van der Waals surface area contributed by atoms with Gasteiger partial charge in [-0.05, 0) is 55.0 Å². The molecule has 0 fully saturated rings. The predicted octanol–water partition coefficient (Wildman–Crippen LogP) is 5.62. The monoisotopic (exact) mass is 407 g/mol. The molecule has 0 saturated carbocycles. The third kappa shape index (κ3) is 3.81. The number of aryl methyl sites for hydroxylation is 1. The molecular weight excluding hydrogens is 394 g/mol. The second kappa shape index (κ2) is 7.37. The van der Waals surface area contributed by atoms with Gasteiger partial charge in [0.05, 0.1) is 15.6 Å². The molecule has 0 saturated heterocycles. The maximum Gasteiger partial charge on any atom is 0.269 e. The highest BCUT2D eigenvalue weighted by Crippen LogP contribution is 2.31. The number of amides is 1. The average molecular weight is 408 g/mol. The number of nitro groups is 1. The summed E-state index contributed by atoms with van der Waals surface area (Å²) in [5.41, 5.74) is 3.70. The Bertz CT molecular complexity index is 1250. The van der Waals surface area contributed by atoms with Crippen molar-refractivity contribution in [3.8, 4) is 11.5 Å². The van der Waals surface area contributed by atoms with E-state index in [1.165, 1.54) is 24.3 Å². The highest BCUT2D eigenvalue weighted by Gasteiger charge is 2.14. The number of nitro benzene ring substituents is 1. The normalized spacial score (nSPS) is 10.8. The van der Waals surface area contributed by atoms with Gasteiger partial charge in [-0.3, -0.25) is 14.9 Å². The molecule has 0 aliphatic rings. The van der Waals surface area contributed by atoms with E-state index >= 15 is 0 Å². The lowest BCUT2D eigenvalue weighted by Crippen LogP contribution is -2.12. The molecule has 1 aromatic heterocycles. The molecule has 1 N–H and O–H groups in total. The second-order valence-corrected chi connectivity index (χ2v) is 6.85. The molecule has 7 nitrogen and oxygen atoms in total. The Morgan fingerprint density at radius 2 is 1.86 bits per heavy atom. The van der Waals surface area contributed by atoms with Crippen LogP contribution in [0, 0.1) is 17.0 Å². The van der Waals surface area contributed by atoms with E-state index in [2.05, 4.69) is 10.3 Å². The minimum atomic E-state index is -0.524. The first-order valence-electron chi connectivity index (χ1n) is 8.63. The number of hydrogen-bond donors (Lipinski definition) is 1. The maximum atomic E-state index is 12.5. The van der Waals surface area contributed by atoms with Crippen molar-refractivity contribution in [1.82, 2.24) is 4.98 Å². The van der Waals surface area contributed by atoms with Gasteiger partial charge in [0.2, 0.25) is 5.89 Å². The standard InChI is InChI=1S/C21H14ClN3O4/c1-12-2-9-19-18(10-12)24-21(29-19)14-5-8-16(22)17(11-14)23-20(26)13-3-6-15(7-4-13)25(27)28/h2-11H,1H3,(H,23,26). The first kappa shape index (κ1) is 18.6. The van der Waals surface area contributed by atoms with Crippen LogP contribution < -0.4 is 5.32 Å². The van der Waals surface area contributed by atoms with E-state index < -0.39 is 10.8 Å². The van der Waals surface area contributed by atoms with Crippen molar-refractivity contribution < 1.29 is 14.1 Å². The van der Waals surface area contributed by atoms with E-state index in [4.69, 9.17) is 16.0 Å². The Morgan fingerprint density at radius 1 is 1.10 bits per heavy atom. The molecule has 1 heterocycles. The van der Waals surface area contributed by atoms with Gasteiger partial charge in [0.1, 0.15) is 5.52 Å². The number of nitrogens with one attached hydrogen (secondary N) is 1. The molecule has 0 aliphatic carbocycles. The lowest BCUT2D eigenvalue weighted by molar-refractivity contribution is -0.384. The second-order valence-electron chi connectivity index (χ2n) is 6.44. The molecule has 29 heavy (non-hydrogen) atoms. The van der Waals surface area contributed by atoms with Gasteiger partial charge in [-0.1, -0.05) is 17.7 Å². The lowest BCUT2D eigenvalue weighted by Gasteiger charge is -2.08. The quantitative estimate of drug-likeness (QED) is 0.350. The van der Waals surface area contributed by atoms with Gasteiger partial charge in [-0.25, -0.2) is 4.98 Å². The van der Waals surface area contributed by atoms with Crippen LogP contribution in [-0.2, 0) is 0 Å². The highest BCUT2D eigenvalue weighted by molar-refractivity contribution is 6.34. The molecule has 0 radical (unpaired) electrons. The van der Waals surface area contributed by atoms with E-state index in [1.807, 2.05) is 25.1 Å². The van der Waals surface area contributed by atoms with Crippen LogP contribution in [0.15, 0.2) is 65.1 Å². The molecule has 4 rings (SSSR count). The largest absolute Gasteiger partial charge is 0.436 e. The zero-order valence-electron chi connectivity index (χ0n) is 15.2. The van der Waals surface area contributed by atoms with Crippen molar-refractivity contribution >= 4 is 40.0 Å². The summed E-state index contributed by atoms with van der Waals surface area (Å²) < 4.78 is 5.80. The molecule has 144 valence electrons. The van der Waals surface area contributed by atoms with Gasteiger partial charge >= 0.3 is 0 Å². The summed E-state index contributed by atoms with van der Waals surface area (Å²) >= 11 is 6.23. The summed E-state index contributed by atoms with van der Waals surface area (Å²) in [5.74, 6) is -0.0276. The van der Waals surface area contributed by atoms with Crippen molar-refractivity contribution in [1.29, 1.82) is 0 Å². The Balaban J connectivity index is 1.62. The number of carbonyl (C=O) groups is 1. The van der Waals surface area contributed by atoms with Crippen molar-refractivity contribution in [3.05, 3.63) is 86.9 Å². The van der Waals surface area contributed by atoms with Gasteiger partial charge in [-0.15, -0.1) is 0 Å². The van der Waals surface area contributed by atoms with Crippen LogP contribution >= 0.6 is 11.6 Å². The predicted molar refractivity (Wildman–Crippen MR) is 110 cm³/mol. The number of carbonyl (C=O) groups excluding carboxylic acids is 1. The molecule has 0 aliphatic heterocycles. The van der Waals surface area contributed by atoms with Crippen LogP contribution in [0.2, 0.25) is 5.02 Å². The zero-order chi connectivity index (χ0) is 20.5. The summed E-state index contributed by atoms with van der Waals surface area (Å²) in [7, 11) is 0. The van der Waals surface area contributed by atoms with Crippen LogP contribution in [0.1, 0.15) is 15.9 Å². The smallest absolute Gasteiger partial charge is 0.269 e. The molecule has 0 unspecified atom stereocenters. The van der Waals surface area contributed by atoms with Crippen molar-refractivity contribution in [2.75, 3.05) is 5.32 Å². The van der Waals surface area contributed by atoms with Crippen molar-refractivity contribution in [2.24, 2.45) is 0 Å². The summed E-state index contributed by atoms with van der Waals surface area (Å²) in [6.07, 6.45) is 0. The molecular formula is C21H14ClN3O4. The van der Waals surface area contributed by atoms with Gasteiger partial charge in [-0.2, -0.15) is 0 Å². The van der Waals surface area contributed by atoms with Crippen LogP contribution in [-0.4, -0.2) is 15.8 Å². The molecule has 0 atom stereocenters. The summed E-state index contributed by atoms with van der Waals surface area (Å²) in [6, 6.07) is 16.1. The summed E-state index contributed by atoms with van der Waals surface area (Å²) in [4.78, 5) is 27.2. The molecule has 3 aromatic carbocycles. The Morgan fingerprint density at radius 3 is 2.59 bits per heavy atom. The van der Waals surface area contributed by atoms with Crippen LogP contribution in [0.5, 0.6) is 0 Å². The fraction of sp³-hybridized carbons (Fsp3) is 0.0476. The number of oxazole rings is 1. The first-order chi connectivity index (χ1) is 13.9. The van der Waals surface area contributed by atoms with E-state index in [0.29, 0.717) is 27.7 Å². The number of benzene rings is 3. The first-order valence-corrected chi connectivity index (χ1v) is 9.01. The average Bonchev–Trinajstić information content (AvgIpc) is 3.12. The van der Waals surface area contributed by atoms with E-state index in [0.717, 1.165) is 11.1 Å². The van der Waals surface area contributed by atoms with Gasteiger partial charge in [0.15, 0.2) is 5.58 Å². The summed E-state index contributed by atoms with van der Waals surface area (Å²) in [6.45, 7) is 1.97. The maximum absolute atomic E-state index is 12.5. The van der Waals surface area contributed by atoms with E-state index in [-0.39, 0.29) is 11.3 Å². The Kier molecular flexibility index (Phi) is 4.74. The number of nitrogens with zero attached hydrogens (tertiary/aromatic N) is 2. The third-order valence-electron chi connectivity index (χ3n) is 4.34. The SMILES string of the molecule is Cc1ccc2oc(-c3ccc(Cl)c(NC(=O)c4ccc([N+](=O)[O-])cc4)c3)nc2c1. The third-order valence-corrected chi connectivity index (χ3v) is 4.67. The molecule has 1 amide bonds. The van der Waals surface area contributed by atoms with Crippen LogP contribution in [0.25, 0.3) is 22.6 Å². The Hall–Kier alpha value is -3.71. The van der Waals surface area contributed by atoms with Gasteiger partial charge < -0.3 is 9.73 Å². The molecule has 4 aromatic rings. The van der Waals surface area contributed by atoms with Crippen LogP contribution in [0.3, 0.4) is 0 Å². The minimum Gasteiger partial charge on any atom is -0.436 e. The molecule has 0 spiro atoms. The molecule has 8 heteroatoms. The van der Waals surface area contributed by atoms with E-state index in [1.54, 1.807) is 18.2 Å². The fourth-order valence-electron chi connectivity index (χ4n) is 2.84. The summed E-state index contributed by atoms with van der Waals surface area (Å²) in [5, 5.41) is 13.8.